The van der Waals surface area contributed by atoms with Gasteiger partial charge in [0.2, 0.25) is 0 Å². The SMILES string of the molecule is CCC[CH2][AlH][Cl].Cc1ccccc1. The molecule has 0 fully saturated rings. The van der Waals surface area contributed by atoms with Crippen molar-refractivity contribution in [1.29, 1.82) is 0 Å². The fraction of sp³-hybridized carbons (Fsp3) is 0.455. The maximum Gasteiger partial charge on any atom is 0.376 e. The molecule has 1 rings (SSSR count). The molecule has 0 nitrogen and oxygen atoms in total. The Labute approximate surface area is 92.2 Å². The van der Waals surface area contributed by atoms with Crippen LogP contribution in [-0.2, 0) is 0 Å². The third kappa shape index (κ3) is 9.96. The molecular formula is C11H18AlCl. The van der Waals surface area contributed by atoms with E-state index in [9.17, 15) is 0 Å². The Bertz CT molecular complexity index is 183. The molecule has 0 amide bonds. The van der Waals surface area contributed by atoms with Crippen molar-refractivity contribution in [1.82, 2.24) is 0 Å². The van der Waals surface area contributed by atoms with Gasteiger partial charge in [0.15, 0.2) is 0 Å². The smallest absolute Gasteiger partial charge is 0.267 e. The Kier molecular flexibility index (Phi) is 10.2. The van der Waals surface area contributed by atoms with Gasteiger partial charge in [-0.15, -0.1) is 0 Å². The Morgan fingerprint density at radius 2 is 1.85 bits per heavy atom. The highest BCUT2D eigenvalue weighted by Crippen LogP contribution is 1.93. The number of rotatable bonds is 3. The zero-order valence-electron chi connectivity index (χ0n) is 8.59. The van der Waals surface area contributed by atoms with Crippen molar-refractivity contribution in [2.75, 3.05) is 0 Å². The van der Waals surface area contributed by atoms with Crippen LogP contribution in [0.1, 0.15) is 25.3 Å². The summed E-state index contributed by atoms with van der Waals surface area (Å²) in [6.07, 6.45) is 2.65. The van der Waals surface area contributed by atoms with E-state index in [1.807, 2.05) is 18.2 Å². The van der Waals surface area contributed by atoms with Crippen molar-refractivity contribution in [2.45, 2.75) is 32.0 Å². The summed E-state index contributed by atoms with van der Waals surface area (Å²) in [5.41, 5.74) is 1.32. The normalized spacial score (nSPS) is 8.54. The van der Waals surface area contributed by atoms with Gasteiger partial charge in [-0.25, -0.2) is 0 Å². The lowest BCUT2D eigenvalue weighted by Crippen LogP contribution is -1.73. The van der Waals surface area contributed by atoms with Crippen LogP contribution in [-0.4, -0.2) is 14.3 Å². The maximum absolute atomic E-state index is 5.52. The summed E-state index contributed by atoms with van der Waals surface area (Å²) in [7, 11) is 5.52. The first kappa shape index (κ1) is 13.0. The van der Waals surface area contributed by atoms with Crippen molar-refractivity contribution in [3.05, 3.63) is 35.9 Å². The summed E-state index contributed by atoms with van der Waals surface area (Å²) in [5, 5.41) is 1.32. The Morgan fingerprint density at radius 1 is 1.23 bits per heavy atom. The molecule has 0 bridgehead atoms. The van der Waals surface area contributed by atoms with Gasteiger partial charge >= 0.3 is 14.3 Å². The van der Waals surface area contributed by atoms with E-state index in [0.717, 1.165) is 0 Å². The molecule has 13 heavy (non-hydrogen) atoms. The zero-order valence-corrected chi connectivity index (χ0v) is 10.8. The van der Waals surface area contributed by atoms with Crippen molar-refractivity contribution < 1.29 is 0 Å². The minimum atomic E-state index is -0.125. The largest absolute Gasteiger partial charge is 0.376 e. The summed E-state index contributed by atoms with van der Waals surface area (Å²) >= 11 is -0.125. The third-order valence-corrected chi connectivity index (χ3v) is 3.25. The molecule has 2 heteroatoms. The molecule has 1 aromatic carbocycles. The van der Waals surface area contributed by atoms with Gasteiger partial charge in [0.25, 0.3) is 0 Å². The molecule has 72 valence electrons. The summed E-state index contributed by atoms with van der Waals surface area (Å²) in [4.78, 5) is 0. The average Bonchev–Trinajstić information content (AvgIpc) is 2.17. The van der Waals surface area contributed by atoms with Gasteiger partial charge in [-0.2, -0.15) is 0 Å². The number of aryl methyl sites for hydroxylation is 1. The molecule has 0 aliphatic heterocycles. The van der Waals surface area contributed by atoms with Crippen LogP contribution in [0.3, 0.4) is 0 Å². The van der Waals surface area contributed by atoms with E-state index in [0.29, 0.717) is 0 Å². The number of benzene rings is 1. The Hall–Kier alpha value is 0.0425. The van der Waals surface area contributed by atoms with Crippen LogP contribution in [0.25, 0.3) is 0 Å². The second kappa shape index (κ2) is 10.1. The summed E-state index contributed by atoms with van der Waals surface area (Å²) in [6.45, 7) is 4.28. The summed E-state index contributed by atoms with van der Waals surface area (Å²) < 4.78 is 0. The predicted molar refractivity (Wildman–Crippen MR) is 63.9 cm³/mol. The first-order valence-electron chi connectivity index (χ1n) is 4.89. The molecule has 0 saturated carbocycles. The predicted octanol–water partition coefficient (Wildman–Crippen LogP) is 3.79. The molecule has 0 aromatic heterocycles. The second-order valence-electron chi connectivity index (χ2n) is 3.05. The number of hydrogen-bond donors (Lipinski definition) is 0. The van der Waals surface area contributed by atoms with Gasteiger partial charge in [-0.05, 0) is 6.92 Å². The molecule has 0 atom stereocenters. The van der Waals surface area contributed by atoms with Crippen LogP contribution < -0.4 is 0 Å². The van der Waals surface area contributed by atoms with E-state index >= 15 is 0 Å². The van der Waals surface area contributed by atoms with E-state index in [1.165, 1.54) is 23.7 Å². The monoisotopic (exact) mass is 212 g/mol. The topological polar surface area (TPSA) is 0 Å². The second-order valence-corrected chi connectivity index (χ2v) is 5.27. The van der Waals surface area contributed by atoms with Crippen LogP contribution in [0.5, 0.6) is 0 Å². The first-order chi connectivity index (χ1) is 6.31. The molecule has 0 spiro atoms. The van der Waals surface area contributed by atoms with Gasteiger partial charge in [-0.3, -0.25) is 10.0 Å². The highest BCUT2D eigenvalue weighted by Gasteiger charge is 1.83. The van der Waals surface area contributed by atoms with Gasteiger partial charge in [0.1, 0.15) is 0 Å². The molecule has 0 aliphatic rings. The molecular weight excluding hydrogens is 195 g/mol. The van der Waals surface area contributed by atoms with Crippen LogP contribution >= 0.6 is 10.0 Å². The first-order valence-corrected chi connectivity index (χ1v) is 8.02. The van der Waals surface area contributed by atoms with Crippen molar-refractivity contribution in [2.24, 2.45) is 0 Å². The molecule has 0 heterocycles. The lowest BCUT2D eigenvalue weighted by Gasteiger charge is -1.82. The van der Waals surface area contributed by atoms with Crippen molar-refractivity contribution in [3.63, 3.8) is 0 Å². The van der Waals surface area contributed by atoms with E-state index in [4.69, 9.17) is 10.0 Å². The molecule has 0 N–H and O–H groups in total. The van der Waals surface area contributed by atoms with Gasteiger partial charge in [0, 0.05) is 0 Å². The lowest BCUT2D eigenvalue weighted by molar-refractivity contribution is 0.882. The summed E-state index contributed by atoms with van der Waals surface area (Å²) in [6, 6.07) is 10.3. The fourth-order valence-corrected chi connectivity index (χ4v) is 2.13. The van der Waals surface area contributed by atoms with Gasteiger partial charge < -0.3 is 0 Å². The van der Waals surface area contributed by atoms with Crippen LogP contribution in [0, 0.1) is 6.92 Å². The quantitative estimate of drug-likeness (QED) is 0.528. The number of halogens is 1. The maximum atomic E-state index is 5.52. The van der Waals surface area contributed by atoms with Crippen molar-refractivity contribution in [3.8, 4) is 0 Å². The van der Waals surface area contributed by atoms with Crippen LogP contribution in [0.2, 0.25) is 5.28 Å². The highest BCUT2D eigenvalue weighted by atomic mass is 35.6. The average molecular weight is 213 g/mol. The van der Waals surface area contributed by atoms with Crippen molar-refractivity contribution >= 4 is 24.3 Å². The third-order valence-electron chi connectivity index (χ3n) is 1.68. The lowest BCUT2D eigenvalue weighted by atomic mass is 10.2. The minimum Gasteiger partial charge on any atom is -0.267 e. The van der Waals surface area contributed by atoms with E-state index in [1.54, 1.807) is 0 Å². The standard InChI is InChI=1S/C7H8.C4H9.Al.ClH.H/c1-7-5-3-2-4-6-7;1-3-4-2;;;/h2-6H,1H3;1,3-4H2,2H3;;1H;/q;;+1;;/p-1. The van der Waals surface area contributed by atoms with E-state index in [-0.39, 0.29) is 14.3 Å². The zero-order chi connectivity index (χ0) is 9.94. The Balaban J connectivity index is 0.000000226. The Morgan fingerprint density at radius 3 is 2.08 bits per heavy atom. The van der Waals surface area contributed by atoms with Crippen LogP contribution in [0.15, 0.2) is 30.3 Å². The summed E-state index contributed by atoms with van der Waals surface area (Å²) in [5.74, 6) is 0. The highest BCUT2D eigenvalue weighted by molar-refractivity contribution is 6.93. The van der Waals surface area contributed by atoms with E-state index in [2.05, 4.69) is 26.0 Å². The fourth-order valence-electron chi connectivity index (χ4n) is 0.879. The molecule has 0 aliphatic carbocycles. The molecule has 0 radical (unpaired) electrons. The number of hydrogen-bond acceptors (Lipinski definition) is 0. The minimum absolute atomic E-state index is 0.125. The van der Waals surface area contributed by atoms with E-state index < -0.39 is 0 Å². The van der Waals surface area contributed by atoms with Gasteiger partial charge in [-0.1, -0.05) is 60.9 Å². The number of unbranched alkanes of at least 4 members (excludes halogenated alkanes) is 1. The van der Waals surface area contributed by atoms with Gasteiger partial charge in [0.05, 0.1) is 0 Å². The molecule has 0 saturated heterocycles. The molecule has 1 aromatic rings. The van der Waals surface area contributed by atoms with Crippen LogP contribution in [0.4, 0.5) is 0 Å². The molecule has 0 unspecified atom stereocenters.